The zero-order valence-electron chi connectivity index (χ0n) is 10.8. The molecule has 0 bridgehead atoms. The Balaban J connectivity index is 2.39. The number of ether oxygens (including phenoxy) is 2. The third kappa shape index (κ3) is 6.21. The normalized spacial score (nSPS) is 11.1. The zero-order chi connectivity index (χ0) is 14.3. The molecule has 0 N–H and O–H groups in total. The number of methoxy groups -OCH3 is 1. The lowest BCUT2D eigenvalue weighted by Gasteiger charge is -2.07. The van der Waals surface area contributed by atoms with Crippen LogP contribution in [0.3, 0.4) is 0 Å². The summed E-state index contributed by atoms with van der Waals surface area (Å²) in [5, 5.41) is 0. The van der Waals surface area contributed by atoms with Crippen LogP contribution in [0.25, 0.3) is 0 Å². The van der Waals surface area contributed by atoms with E-state index in [1.54, 1.807) is 24.3 Å². The van der Waals surface area contributed by atoms with Gasteiger partial charge in [-0.3, -0.25) is 4.18 Å². The van der Waals surface area contributed by atoms with Crippen LogP contribution in [0.1, 0.15) is 16.8 Å². The largest absolute Gasteiger partial charge is 0.493 e. The molecule has 0 radical (unpaired) electrons. The van der Waals surface area contributed by atoms with Crippen LogP contribution in [0.4, 0.5) is 0 Å². The summed E-state index contributed by atoms with van der Waals surface area (Å²) in [4.78, 5) is 11.3. The van der Waals surface area contributed by atoms with E-state index in [2.05, 4.69) is 8.92 Å². The Hall–Kier alpha value is -1.60. The van der Waals surface area contributed by atoms with Crippen LogP contribution in [-0.4, -0.2) is 41.0 Å². The van der Waals surface area contributed by atoms with Crippen LogP contribution < -0.4 is 4.74 Å². The van der Waals surface area contributed by atoms with Crippen molar-refractivity contribution in [2.24, 2.45) is 0 Å². The summed E-state index contributed by atoms with van der Waals surface area (Å²) >= 11 is 0. The molecule has 0 aliphatic rings. The monoisotopic (exact) mass is 288 g/mol. The fourth-order valence-electron chi connectivity index (χ4n) is 1.29. The lowest BCUT2D eigenvalue weighted by atomic mass is 10.2. The summed E-state index contributed by atoms with van der Waals surface area (Å²) in [5.41, 5.74) is 0.396. The van der Waals surface area contributed by atoms with Crippen molar-refractivity contribution in [3.8, 4) is 5.75 Å². The zero-order valence-corrected chi connectivity index (χ0v) is 11.6. The SMILES string of the molecule is COC(=O)c1cccc(OCCCOS(C)(=O)=O)c1. The highest BCUT2D eigenvalue weighted by atomic mass is 32.2. The van der Waals surface area contributed by atoms with Crippen LogP contribution in [0, 0.1) is 0 Å². The standard InChI is InChI=1S/C12H16O6S/c1-16-12(13)10-5-3-6-11(9-10)17-7-4-8-18-19(2,14)15/h3,5-6,9H,4,7-8H2,1-2H3. The molecule has 6 nitrogen and oxygen atoms in total. The number of benzene rings is 1. The Bertz CT molecular complexity index is 523. The van der Waals surface area contributed by atoms with Gasteiger partial charge in [0.05, 0.1) is 32.1 Å². The lowest BCUT2D eigenvalue weighted by molar-refractivity contribution is 0.0600. The molecule has 1 rings (SSSR count). The van der Waals surface area contributed by atoms with Gasteiger partial charge in [-0.05, 0) is 18.2 Å². The van der Waals surface area contributed by atoms with Crippen molar-refractivity contribution in [1.82, 2.24) is 0 Å². The molecule has 0 unspecified atom stereocenters. The van der Waals surface area contributed by atoms with E-state index in [0.29, 0.717) is 24.3 Å². The van der Waals surface area contributed by atoms with Crippen molar-refractivity contribution < 1.29 is 26.9 Å². The molecular formula is C12H16O6S. The van der Waals surface area contributed by atoms with Crippen LogP contribution in [-0.2, 0) is 19.0 Å². The van der Waals surface area contributed by atoms with Crippen molar-refractivity contribution in [1.29, 1.82) is 0 Å². The summed E-state index contributed by atoms with van der Waals surface area (Å²) in [7, 11) is -2.10. The quantitative estimate of drug-likeness (QED) is 0.426. The van der Waals surface area contributed by atoms with Crippen LogP contribution in [0.15, 0.2) is 24.3 Å². The van der Waals surface area contributed by atoms with E-state index in [9.17, 15) is 13.2 Å². The Morgan fingerprint density at radius 2 is 2.00 bits per heavy atom. The van der Waals surface area contributed by atoms with Crippen LogP contribution in [0.5, 0.6) is 5.75 Å². The van der Waals surface area contributed by atoms with Crippen molar-refractivity contribution in [3.05, 3.63) is 29.8 Å². The number of esters is 1. The third-order valence-electron chi connectivity index (χ3n) is 2.11. The van der Waals surface area contributed by atoms with Gasteiger partial charge in [0.15, 0.2) is 0 Å². The molecule has 0 atom stereocenters. The number of carbonyl (C=O) groups is 1. The number of carbonyl (C=O) groups excluding carboxylic acids is 1. The Morgan fingerprint density at radius 1 is 1.26 bits per heavy atom. The molecule has 19 heavy (non-hydrogen) atoms. The number of hydrogen-bond acceptors (Lipinski definition) is 6. The molecule has 0 heterocycles. The van der Waals surface area contributed by atoms with Gasteiger partial charge in [-0.2, -0.15) is 8.42 Å². The molecule has 1 aromatic rings. The van der Waals surface area contributed by atoms with Gasteiger partial charge in [-0.15, -0.1) is 0 Å². The van der Waals surface area contributed by atoms with E-state index in [-0.39, 0.29) is 6.61 Å². The Kier molecular flexibility index (Phi) is 5.78. The second kappa shape index (κ2) is 7.10. The Labute approximate surface area is 112 Å². The fraction of sp³-hybridized carbons (Fsp3) is 0.417. The summed E-state index contributed by atoms with van der Waals surface area (Å²) in [6.07, 6.45) is 1.42. The summed E-state index contributed by atoms with van der Waals surface area (Å²) in [6.45, 7) is 0.357. The summed E-state index contributed by atoms with van der Waals surface area (Å²) < 4.78 is 35.9. The van der Waals surface area contributed by atoms with Gasteiger partial charge >= 0.3 is 5.97 Å². The van der Waals surface area contributed by atoms with Gasteiger partial charge in [-0.25, -0.2) is 4.79 Å². The smallest absolute Gasteiger partial charge is 0.337 e. The summed E-state index contributed by atoms with van der Waals surface area (Å²) in [5.74, 6) is 0.0770. The first-order valence-electron chi connectivity index (χ1n) is 5.58. The molecule has 0 spiro atoms. The average molecular weight is 288 g/mol. The maximum Gasteiger partial charge on any atom is 0.337 e. The minimum Gasteiger partial charge on any atom is -0.493 e. The van der Waals surface area contributed by atoms with Crippen molar-refractivity contribution in [2.45, 2.75) is 6.42 Å². The van der Waals surface area contributed by atoms with E-state index in [1.807, 2.05) is 0 Å². The first kappa shape index (κ1) is 15.5. The maximum atomic E-state index is 11.3. The predicted molar refractivity (Wildman–Crippen MR) is 68.7 cm³/mol. The van der Waals surface area contributed by atoms with E-state index in [1.165, 1.54) is 7.11 Å². The van der Waals surface area contributed by atoms with Gasteiger partial charge in [-0.1, -0.05) is 6.07 Å². The minimum absolute atomic E-state index is 0.0650. The van der Waals surface area contributed by atoms with E-state index in [0.717, 1.165) is 6.26 Å². The van der Waals surface area contributed by atoms with E-state index < -0.39 is 16.1 Å². The molecule has 0 saturated carbocycles. The molecule has 0 aliphatic carbocycles. The lowest BCUT2D eigenvalue weighted by Crippen LogP contribution is -2.08. The predicted octanol–water partition coefficient (Wildman–Crippen LogP) is 1.22. The Morgan fingerprint density at radius 3 is 2.63 bits per heavy atom. The molecule has 1 aromatic carbocycles. The molecule has 0 amide bonds. The van der Waals surface area contributed by atoms with Crippen molar-refractivity contribution in [2.75, 3.05) is 26.6 Å². The van der Waals surface area contributed by atoms with Gasteiger partial charge in [0.1, 0.15) is 5.75 Å². The molecule has 106 valence electrons. The van der Waals surface area contributed by atoms with E-state index >= 15 is 0 Å². The van der Waals surface area contributed by atoms with Crippen molar-refractivity contribution >= 4 is 16.1 Å². The van der Waals surface area contributed by atoms with Gasteiger partial charge < -0.3 is 9.47 Å². The second-order valence-corrected chi connectivity index (χ2v) is 5.39. The van der Waals surface area contributed by atoms with Crippen LogP contribution >= 0.6 is 0 Å². The first-order chi connectivity index (χ1) is 8.92. The molecule has 0 saturated heterocycles. The van der Waals surface area contributed by atoms with Crippen LogP contribution in [0.2, 0.25) is 0 Å². The van der Waals surface area contributed by atoms with Gasteiger partial charge in [0.2, 0.25) is 0 Å². The molecule has 0 aromatic heterocycles. The number of hydrogen-bond donors (Lipinski definition) is 0. The van der Waals surface area contributed by atoms with Crippen molar-refractivity contribution in [3.63, 3.8) is 0 Å². The number of rotatable bonds is 7. The van der Waals surface area contributed by atoms with E-state index in [4.69, 9.17) is 4.74 Å². The highest BCUT2D eigenvalue weighted by Crippen LogP contribution is 2.14. The van der Waals surface area contributed by atoms with Gasteiger partial charge in [0.25, 0.3) is 10.1 Å². The third-order valence-corrected chi connectivity index (χ3v) is 2.70. The molecule has 0 aliphatic heterocycles. The molecule has 7 heteroatoms. The molecule has 0 fully saturated rings. The van der Waals surface area contributed by atoms with Gasteiger partial charge in [0, 0.05) is 6.42 Å². The topological polar surface area (TPSA) is 78.9 Å². The highest BCUT2D eigenvalue weighted by Gasteiger charge is 2.06. The summed E-state index contributed by atoms with van der Waals surface area (Å²) in [6, 6.07) is 6.55. The highest BCUT2D eigenvalue weighted by molar-refractivity contribution is 7.85. The minimum atomic E-state index is -3.41. The second-order valence-electron chi connectivity index (χ2n) is 3.75. The maximum absolute atomic E-state index is 11.3. The average Bonchev–Trinajstić information content (AvgIpc) is 2.36. The molecular weight excluding hydrogens is 272 g/mol. The fourth-order valence-corrected chi connectivity index (χ4v) is 1.71. The first-order valence-corrected chi connectivity index (χ1v) is 7.39.